The summed E-state index contributed by atoms with van der Waals surface area (Å²) in [5.74, 6) is -1.95. The minimum Gasteiger partial charge on any atom is -0.368 e. The van der Waals surface area contributed by atoms with Crippen LogP contribution in [0, 0.1) is 5.92 Å². The van der Waals surface area contributed by atoms with E-state index in [0.717, 1.165) is 32.1 Å². The van der Waals surface area contributed by atoms with Crippen LogP contribution in [0.5, 0.6) is 0 Å². The molecule has 1 aromatic carbocycles. The molecule has 2 saturated heterocycles. The molecule has 150 valence electrons. The summed E-state index contributed by atoms with van der Waals surface area (Å²) >= 11 is 12.2. The molecule has 3 aliphatic rings. The first-order valence-corrected chi connectivity index (χ1v) is 10.2. The maximum absolute atomic E-state index is 13.3. The molecule has 9 heteroatoms. The van der Waals surface area contributed by atoms with Crippen molar-refractivity contribution < 1.29 is 19.2 Å². The topological polar surface area (TPSA) is 92.9 Å². The van der Waals surface area contributed by atoms with Crippen molar-refractivity contribution in [3.63, 3.8) is 0 Å². The van der Waals surface area contributed by atoms with Gasteiger partial charge in [0.2, 0.25) is 11.8 Å². The van der Waals surface area contributed by atoms with Gasteiger partial charge in [-0.2, -0.15) is 5.06 Å². The number of hydrogen-bond donors (Lipinski definition) is 1. The summed E-state index contributed by atoms with van der Waals surface area (Å²) in [5, 5.41) is 2.02. The Balaban J connectivity index is 1.69. The molecule has 1 aromatic rings. The van der Waals surface area contributed by atoms with Crippen LogP contribution in [0.3, 0.4) is 0 Å². The van der Waals surface area contributed by atoms with Crippen LogP contribution < -0.4 is 5.73 Å². The Morgan fingerprint density at radius 2 is 1.82 bits per heavy atom. The fourth-order valence-corrected chi connectivity index (χ4v) is 4.86. The molecule has 3 amide bonds. The molecule has 3 unspecified atom stereocenters. The molecule has 0 radical (unpaired) electrons. The Kier molecular flexibility index (Phi) is 5.35. The molecule has 2 heterocycles. The predicted molar refractivity (Wildman–Crippen MR) is 102 cm³/mol. The molecule has 1 aliphatic carbocycles. The zero-order valence-electron chi connectivity index (χ0n) is 15.1. The number of likely N-dealkylation sites (tertiary alicyclic amines) is 1. The van der Waals surface area contributed by atoms with Crippen molar-refractivity contribution in [2.75, 3.05) is 6.54 Å². The highest BCUT2D eigenvalue weighted by Crippen LogP contribution is 2.46. The first-order valence-electron chi connectivity index (χ1n) is 9.42. The number of rotatable bonds is 4. The van der Waals surface area contributed by atoms with E-state index in [-0.39, 0.29) is 24.4 Å². The van der Waals surface area contributed by atoms with Gasteiger partial charge in [-0.05, 0) is 30.5 Å². The third-order valence-corrected chi connectivity index (χ3v) is 6.50. The Labute approximate surface area is 172 Å². The zero-order chi connectivity index (χ0) is 20.0. The quantitative estimate of drug-likeness (QED) is 0.747. The van der Waals surface area contributed by atoms with Gasteiger partial charge in [0.15, 0.2) is 6.10 Å². The van der Waals surface area contributed by atoms with Crippen molar-refractivity contribution in [3.05, 3.63) is 33.8 Å². The van der Waals surface area contributed by atoms with Crippen molar-refractivity contribution in [3.8, 4) is 0 Å². The largest absolute Gasteiger partial charge is 0.368 e. The first kappa shape index (κ1) is 19.6. The molecule has 2 aliphatic heterocycles. The minimum atomic E-state index is -0.951. The molecule has 0 bridgehead atoms. The lowest BCUT2D eigenvalue weighted by molar-refractivity contribution is -0.183. The maximum Gasteiger partial charge on any atom is 0.261 e. The van der Waals surface area contributed by atoms with Gasteiger partial charge in [-0.15, -0.1) is 0 Å². The highest BCUT2D eigenvalue weighted by Gasteiger charge is 2.60. The smallest absolute Gasteiger partial charge is 0.261 e. The number of primary amides is 1. The third-order valence-electron chi connectivity index (χ3n) is 5.77. The molecule has 1 saturated carbocycles. The van der Waals surface area contributed by atoms with Crippen LogP contribution in [-0.2, 0) is 19.2 Å². The van der Waals surface area contributed by atoms with E-state index in [2.05, 4.69) is 0 Å². The highest BCUT2D eigenvalue weighted by molar-refractivity contribution is 6.42. The third kappa shape index (κ3) is 3.30. The highest BCUT2D eigenvalue weighted by atomic mass is 35.5. The van der Waals surface area contributed by atoms with Crippen LogP contribution in [0.25, 0.3) is 0 Å². The fraction of sp³-hybridized carbons (Fsp3) is 0.526. The normalized spacial score (nSPS) is 28.8. The van der Waals surface area contributed by atoms with Crippen LogP contribution in [0.1, 0.15) is 43.7 Å². The number of hydrogen-bond acceptors (Lipinski definition) is 5. The second-order valence-electron chi connectivity index (χ2n) is 7.55. The molecule has 4 rings (SSSR count). The van der Waals surface area contributed by atoms with Crippen LogP contribution in [0.2, 0.25) is 10.0 Å². The second-order valence-corrected chi connectivity index (χ2v) is 8.36. The van der Waals surface area contributed by atoms with E-state index in [4.69, 9.17) is 33.8 Å². The van der Waals surface area contributed by atoms with Crippen LogP contribution in [-0.4, -0.2) is 46.4 Å². The number of benzene rings is 1. The molecule has 2 N–H and O–H groups in total. The standard InChI is InChI=1S/C19H21Cl2N3O4/c20-12-7-6-10(8-13(12)21)16-15-17(28-23(16)9-14(22)25)19(27)24(18(15)26)11-4-2-1-3-5-11/h6-8,11,15-17H,1-5,9H2,(H2,22,25). The molecular formula is C19H21Cl2N3O4. The van der Waals surface area contributed by atoms with E-state index >= 15 is 0 Å². The molecule has 0 spiro atoms. The summed E-state index contributed by atoms with van der Waals surface area (Å²) in [4.78, 5) is 45.0. The number of nitrogens with two attached hydrogens (primary N) is 1. The Bertz CT molecular complexity index is 827. The van der Waals surface area contributed by atoms with Crippen molar-refractivity contribution in [1.82, 2.24) is 9.96 Å². The Morgan fingerprint density at radius 1 is 1.11 bits per heavy atom. The van der Waals surface area contributed by atoms with E-state index in [1.165, 1.54) is 9.96 Å². The lowest BCUT2D eigenvalue weighted by Crippen LogP contribution is -2.45. The number of hydroxylamine groups is 2. The van der Waals surface area contributed by atoms with Crippen LogP contribution in [0.4, 0.5) is 0 Å². The summed E-state index contributed by atoms with van der Waals surface area (Å²) in [7, 11) is 0. The van der Waals surface area contributed by atoms with Gasteiger partial charge >= 0.3 is 0 Å². The fourth-order valence-electron chi connectivity index (χ4n) is 4.55. The SMILES string of the molecule is NC(=O)CN1OC2C(=O)N(C3CCCCC3)C(=O)C2C1c1ccc(Cl)c(Cl)c1. The van der Waals surface area contributed by atoms with Gasteiger partial charge in [0.1, 0.15) is 6.54 Å². The van der Waals surface area contributed by atoms with Crippen molar-refractivity contribution in [2.45, 2.75) is 50.3 Å². The van der Waals surface area contributed by atoms with Crippen molar-refractivity contribution in [2.24, 2.45) is 11.7 Å². The molecule has 7 nitrogen and oxygen atoms in total. The average molecular weight is 426 g/mol. The number of carbonyl (C=O) groups is 3. The van der Waals surface area contributed by atoms with Gasteiger partial charge in [-0.3, -0.25) is 24.1 Å². The van der Waals surface area contributed by atoms with Gasteiger partial charge in [0.25, 0.3) is 5.91 Å². The number of amides is 3. The van der Waals surface area contributed by atoms with Gasteiger partial charge in [-0.25, -0.2) is 0 Å². The maximum atomic E-state index is 13.3. The van der Waals surface area contributed by atoms with Gasteiger partial charge in [0.05, 0.1) is 22.0 Å². The summed E-state index contributed by atoms with van der Waals surface area (Å²) in [6, 6.07) is 4.25. The van der Waals surface area contributed by atoms with Crippen molar-refractivity contribution in [1.29, 1.82) is 0 Å². The average Bonchev–Trinajstić information content (AvgIpc) is 3.13. The summed E-state index contributed by atoms with van der Waals surface area (Å²) < 4.78 is 0. The van der Waals surface area contributed by atoms with E-state index in [0.29, 0.717) is 15.6 Å². The van der Waals surface area contributed by atoms with E-state index in [9.17, 15) is 14.4 Å². The summed E-state index contributed by atoms with van der Waals surface area (Å²) in [5.41, 5.74) is 5.99. The molecular weight excluding hydrogens is 405 g/mol. The zero-order valence-corrected chi connectivity index (χ0v) is 16.7. The second kappa shape index (κ2) is 7.63. The lowest BCUT2D eigenvalue weighted by atomic mass is 9.90. The molecule has 28 heavy (non-hydrogen) atoms. The Morgan fingerprint density at radius 3 is 2.46 bits per heavy atom. The monoisotopic (exact) mass is 425 g/mol. The number of fused-ring (bicyclic) bond motifs is 1. The predicted octanol–water partition coefficient (Wildman–Crippen LogP) is 2.45. The number of imide groups is 1. The van der Waals surface area contributed by atoms with Gasteiger partial charge in [-0.1, -0.05) is 48.5 Å². The van der Waals surface area contributed by atoms with Gasteiger partial charge < -0.3 is 5.73 Å². The summed E-state index contributed by atoms with van der Waals surface area (Å²) in [6.45, 7) is -0.234. The molecule has 0 aromatic heterocycles. The van der Waals surface area contributed by atoms with Gasteiger partial charge in [0, 0.05) is 6.04 Å². The van der Waals surface area contributed by atoms with E-state index in [1.54, 1.807) is 18.2 Å². The van der Waals surface area contributed by atoms with Crippen LogP contribution in [0.15, 0.2) is 18.2 Å². The lowest BCUT2D eigenvalue weighted by Gasteiger charge is -2.32. The number of nitrogens with zero attached hydrogens (tertiary/aromatic N) is 2. The number of halogens is 2. The summed E-state index contributed by atoms with van der Waals surface area (Å²) in [6.07, 6.45) is 3.81. The minimum absolute atomic E-state index is 0.0815. The molecule has 3 fully saturated rings. The number of carbonyl (C=O) groups excluding carboxylic acids is 3. The Hall–Kier alpha value is -1.67. The molecule has 3 atom stereocenters. The van der Waals surface area contributed by atoms with Crippen LogP contribution >= 0.6 is 23.2 Å². The van der Waals surface area contributed by atoms with E-state index in [1.807, 2.05) is 0 Å². The first-order chi connectivity index (χ1) is 13.4. The van der Waals surface area contributed by atoms with Crippen molar-refractivity contribution >= 4 is 40.9 Å². The van der Waals surface area contributed by atoms with E-state index < -0.39 is 24.0 Å².